The van der Waals surface area contributed by atoms with Gasteiger partial charge in [0.05, 0.1) is 29.9 Å². The number of esters is 1. The molecule has 0 spiro atoms. The molecular weight excluding hydrogens is 443 g/mol. The minimum Gasteiger partial charge on any atom is -0.493 e. The minimum absolute atomic E-state index is 0.0447. The van der Waals surface area contributed by atoms with Crippen molar-refractivity contribution >= 4 is 29.2 Å². The lowest BCUT2D eigenvalue weighted by Crippen LogP contribution is -2.11. The fourth-order valence-corrected chi connectivity index (χ4v) is 3.01. The van der Waals surface area contributed by atoms with Gasteiger partial charge in [-0.05, 0) is 65.7 Å². The summed E-state index contributed by atoms with van der Waals surface area (Å²) >= 11 is 5.99. The number of nitrogens with zero attached hydrogens (tertiary/aromatic N) is 1. The Morgan fingerprint density at radius 2 is 1.72 bits per heavy atom. The van der Waals surface area contributed by atoms with Crippen LogP contribution >= 0.6 is 11.6 Å². The maximum absolute atomic E-state index is 12.7. The van der Waals surface area contributed by atoms with E-state index in [1.807, 2.05) is 0 Å². The molecule has 0 aliphatic carbocycles. The van der Waals surface area contributed by atoms with Crippen molar-refractivity contribution < 1.29 is 27.4 Å². The Morgan fingerprint density at radius 1 is 1.00 bits per heavy atom. The van der Waals surface area contributed by atoms with Crippen molar-refractivity contribution in [2.75, 3.05) is 7.11 Å². The van der Waals surface area contributed by atoms with Crippen LogP contribution < -0.4 is 9.47 Å². The SMILES string of the molecule is COc1cc(/C=C(/C#N)c2cccc(Cl)c2)ccc1OC(=O)c1ccc(C(F)(F)F)cc1. The normalized spacial score (nSPS) is 11.6. The molecule has 32 heavy (non-hydrogen) atoms. The van der Waals surface area contributed by atoms with Crippen molar-refractivity contribution in [3.8, 4) is 17.6 Å². The minimum atomic E-state index is -4.50. The zero-order chi connectivity index (χ0) is 23.3. The number of carbonyl (C=O) groups is 1. The van der Waals surface area contributed by atoms with Gasteiger partial charge in [0.1, 0.15) is 0 Å². The average molecular weight is 458 g/mol. The fraction of sp³-hybridized carbons (Fsp3) is 0.0833. The molecule has 0 aromatic heterocycles. The van der Waals surface area contributed by atoms with E-state index in [2.05, 4.69) is 6.07 Å². The Balaban J connectivity index is 1.84. The summed E-state index contributed by atoms with van der Waals surface area (Å²) in [5.74, 6) is -0.546. The second-order valence-electron chi connectivity index (χ2n) is 6.56. The van der Waals surface area contributed by atoms with Gasteiger partial charge in [-0.3, -0.25) is 0 Å². The van der Waals surface area contributed by atoms with Gasteiger partial charge >= 0.3 is 12.1 Å². The number of hydrogen-bond acceptors (Lipinski definition) is 4. The third kappa shape index (κ3) is 5.48. The number of hydrogen-bond donors (Lipinski definition) is 0. The lowest BCUT2D eigenvalue weighted by molar-refractivity contribution is -0.137. The topological polar surface area (TPSA) is 59.3 Å². The summed E-state index contributed by atoms with van der Waals surface area (Å²) in [6.45, 7) is 0. The number of alkyl halides is 3. The number of allylic oxidation sites excluding steroid dienone is 1. The molecule has 0 radical (unpaired) electrons. The molecule has 3 aromatic carbocycles. The van der Waals surface area contributed by atoms with Crippen LogP contribution in [0.15, 0.2) is 66.7 Å². The highest BCUT2D eigenvalue weighted by atomic mass is 35.5. The van der Waals surface area contributed by atoms with Gasteiger partial charge in [-0.15, -0.1) is 0 Å². The molecule has 3 aromatic rings. The first-order chi connectivity index (χ1) is 15.2. The van der Waals surface area contributed by atoms with Gasteiger partial charge in [0.15, 0.2) is 11.5 Å². The lowest BCUT2D eigenvalue weighted by Gasteiger charge is -2.11. The summed E-state index contributed by atoms with van der Waals surface area (Å²) in [5.41, 5.74) is 0.695. The summed E-state index contributed by atoms with van der Waals surface area (Å²) in [4.78, 5) is 12.3. The highest BCUT2D eigenvalue weighted by Crippen LogP contribution is 2.32. The predicted molar refractivity (Wildman–Crippen MR) is 114 cm³/mol. The Morgan fingerprint density at radius 3 is 2.31 bits per heavy atom. The first-order valence-electron chi connectivity index (χ1n) is 9.16. The third-order valence-corrected chi connectivity index (χ3v) is 4.64. The molecule has 4 nitrogen and oxygen atoms in total. The number of ether oxygens (including phenoxy) is 2. The van der Waals surface area contributed by atoms with E-state index < -0.39 is 17.7 Å². The van der Waals surface area contributed by atoms with Crippen molar-refractivity contribution in [3.63, 3.8) is 0 Å². The molecule has 8 heteroatoms. The fourth-order valence-electron chi connectivity index (χ4n) is 2.82. The monoisotopic (exact) mass is 457 g/mol. The van der Waals surface area contributed by atoms with Crippen molar-refractivity contribution in [1.29, 1.82) is 5.26 Å². The molecule has 0 amide bonds. The number of benzene rings is 3. The van der Waals surface area contributed by atoms with Crippen LogP contribution in [-0.4, -0.2) is 13.1 Å². The van der Waals surface area contributed by atoms with E-state index in [1.165, 1.54) is 13.2 Å². The molecule has 0 unspecified atom stereocenters. The van der Waals surface area contributed by atoms with Gasteiger partial charge in [-0.25, -0.2) is 4.79 Å². The van der Waals surface area contributed by atoms with Gasteiger partial charge in [-0.2, -0.15) is 18.4 Å². The molecule has 3 rings (SSSR count). The summed E-state index contributed by atoms with van der Waals surface area (Å²) in [5, 5.41) is 9.99. The van der Waals surface area contributed by atoms with Gasteiger partial charge in [0.2, 0.25) is 0 Å². The van der Waals surface area contributed by atoms with Gasteiger partial charge in [-0.1, -0.05) is 29.8 Å². The van der Waals surface area contributed by atoms with Crippen LogP contribution in [0.3, 0.4) is 0 Å². The quantitative estimate of drug-likeness (QED) is 0.186. The zero-order valence-electron chi connectivity index (χ0n) is 16.6. The number of methoxy groups -OCH3 is 1. The van der Waals surface area contributed by atoms with Crippen LogP contribution in [0.2, 0.25) is 5.02 Å². The summed E-state index contributed by atoms with van der Waals surface area (Å²) in [7, 11) is 1.38. The van der Waals surface area contributed by atoms with E-state index in [0.717, 1.165) is 24.3 Å². The van der Waals surface area contributed by atoms with Crippen LogP contribution in [0.5, 0.6) is 11.5 Å². The van der Waals surface area contributed by atoms with E-state index >= 15 is 0 Å². The van der Waals surface area contributed by atoms with E-state index in [4.69, 9.17) is 21.1 Å². The standard InChI is InChI=1S/C24H15ClF3NO3/c1-31-22-12-15(11-18(14-29)17-3-2-4-20(25)13-17)5-10-21(22)32-23(30)16-6-8-19(9-7-16)24(26,27)28/h2-13H,1H3/b18-11-. The Labute approximate surface area is 187 Å². The highest BCUT2D eigenvalue weighted by Gasteiger charge is 2.30. The summed E-state index contributed by atoms with van der Waals surface area (Å²) in [6, 6.07) is 17.3. The van der Waals surface area contributed by atoms with Crippen molar-refractivity contribution in [2.24, 2.45) is 0 Å². The number of halogens is 4. The van der Waals surface area contributed by atoms with Crippen LogP contribution in [0.1, 0.15) is 27.0 Å². The van der Waals surface area contributed by atoms with Crippen LogP contribution in [-0.2, 0) is 6.18 Å². The number of carbonyl (C=O) groups excluding carboxylic acids is 1. The van der Waals surface area contributed by atoms with Gasteiger partial charge < -0.3 is 9.47 Å². The molecule has 0 aliphatic rings. The molecule has 0 bridgehead atoms. The molecule has 0 aliphatic heterocycles. The molecule has 0 saturated heterocycles. The molecule has 0 saturated carbocycles. The largest absolute Gasteiger partial charge is 0.493 e. The number of nitriles is 1. The maximum atomic E-state index is 12.7. The second kappa shape index (κ2) is 9.58. The van der Waals surface area contributed by atoms with Crippen molar-refractivity contribution in [2.45, 2.75) is 6.18 Å². The van der Waals surface area contributed by atoms with E-state index in [0.29, 0.717) is 21.7 Å². The van der Waals surface area contributed by atoms with Crippen LogP contribution in [0, 0.1) is 11.3 Å². The van der Waals surface area contributed by atoms with Crippen LogP contribution in [0.4, 0.5) is 13.2 Å². The molecule has 162 valence electrons. The van der Waals surface area contributed by atoms with Crippen molar-refractivity contribution in [1.82, 2.24) is 0 Å². The smallest absolute Gasteiger partial charge is 0.416 e. The Kier molecular flexibility index (Phi) is 6.86. The first-order valence-corrected chi connectivity index (χ1v) is 9.54. The Hall–Kier alpha value is -3.76. The molecule has 0 fully saturated rings. The van der Waals surface area contributed by atoms with E-state index in [1.54, 1.807) is 42.5 Å². The lowest BCUT2D eigenvalue weighted by atomic mass is 10.0. The third-order valence-electron chi connectivity index (χ3n) is 4.41. The van der Waals surface area contributed by atoms with Crippen molar-refractivity contribution in [3.05, 3.63) is 94.0 Å². The number of rotatable bonds is 5. The summed E-state index contributed by atoms with van der Waals surface area (Å²) < 4.78 is 48.6. The second-order valence-corrected chi connectivity index (χ2v) is 6.99. The zero-order valence-corrected chi connectivity index (χ0v) is 17.4. The maximum Gasteiger partial charge on any atom is 0.416 e. The van der Waals surface area contributed by atoms with Crippen LogP contribution in [0.25, 0.3) is 11.6 Å². The summed E-state index contributed by atoms with van der Waals surface area (Å²) in [6.07, 6.45) is -2.88. The van der Waals surface area contributed by atoms with E-state index in [-0.39, 0.29) is 17.1 Å². The van der Waals surface area contributed by atoms with E-state index in [9.17, 15) is 23.2 Å². The molecule has 0 atom stereocenters. The highest BCUT2D eigenvalue weighted by molar-refractivity contribution is 6.30. The molecular formula is C24H15ClF3NO3. The first kappa shape index (κ1) is 22.9. The predicted octanol–water partition coefficient (Wildman–Crippen LogP) is 6.65. The molecule has 0 N–H and O–H groups in total. The molecule has 0 heterocycles. The average Bonchev–Trinajstić information content (AvgIpc) is 2.77. The van der Waals surface area contributed by atoms with Gasteiger partial charge in [0, 0.05) is 5.02 Å². The van der Waals surface area contributed by atoms with Gasteiger partial charge in [0.25, 0.3) is 0 Å². The Bertz CT molecular complexity index is 1210.